The van der Waals surface area contributed by atoms with Crippen LogP contribution in [0, 0.1) is 20.8 Å². The number of amides is 1. The highest BCUT2D eigenvalue weighted by atomic mass is 35.5. The van der Waals surface area contributed by atoms with Gasteiger partial charge in [-0.25, -0.2) is 13.4 Å². The summed E-state index contributed by atoms with van der Waals surface area (Å²) in [6.07, 6.45) is 0.994. The second-order valence-electron chi connectivity index (χ2n) is 6.90. The number of H-pyrrole nitrogens is 1. The van der Waals surface area contributed by atoms with E-state index in [0.29, 0.717) is 0 Å². The normalized spacial score (nSPS) is 11.4. The van der Waals surface area contributed by atoms with Gasteiger partial charge in [0.25, 0.3) is 5.56 Å². The molecule has 0 bridgehead atoms. The molecule has 2 N–H and O–H groups in total. The lowest BCUT2D eigenvalue weighted by atomic mass is 10.1. The largest absolute Gasteiger partial charge is 0.325 e. The first-order chi connectivity index (χ1) is 14.6. The summed E-state index contributed by atoms with van der Waals surface area (Å²) in [5.74, 6) is -0.271. The number of carbonyl (C=O) groups excluding carboxylic acids is 1. The third-order valence-corrected chi connectivity index (χ3v) is 7.61. The number of aryl methyl sites for hydroxylation is 3. The number of nitrogens with one attached hydrogen (secondary N) is 2. The van der Waals surface area contributed by atoms with E-state index >= 15 is 0 Å². The van der Waals surface area contributed by atoms with Gasteiger partial charge in [-0.15, -0.1) is 0 Å². The molecule has 0 aliphatic carbocycles. The summed E-state index contributed by atoms with van der Waals surface area (Å²) >= 11 is 7.01. The van der Waals surface area contributed by atoms with E-state index in [1.54, 1.807) is 13.0 Å². The highest BCUT2D eigenvalue weighted by Gasteiger charge is 2.23. The van der Waals surface area contributed by atoms with Crippen molar-refractivity contribution in [1.82, 2.24) is 9.97 Å². The van der Waals surface area contributed by atoms with Crippen LogP contribution in [0.2, 0.25) is 5.02 Å². The minimum absolute atomic E-state index is 0.00359. The molecule has 10 heteroatoms. The second-order valence-corrected chi connectivity index (χ2v) is 10.2. The number of thioether (sulfide) groups is 1. The zero-order valence-electron chi connectivity index (χ0n) is 17.0. The van der Waals surface area contributed by atoms with Crippen molar-refractivity contribution in [2.45, 2.75) is 35.7 Å². The molecule has 0 fully saturated rings. The molecule has 2 aromatic carbocycles. The van der Waals surface area contributed by atoms with E-state index in [4.69, 9.17) is 11.6 Å². The van der Waals surface area contributed by atoms with Gasteiger partial charge in [-0.05, 0) is 49.6 Å². The maximum Gasteiger partial charge on any atom is 0.270 e. The van der Waals surface area contributed by atoms with Crippen molar-refractivity contribution in [2.24, 2.45) is 0 Å². The summed E-state index contributed by atoms with van der Waals surface area (Å²) < 4.78 is 25.5. The number of aromatic amines is 1. The molecular formula is C21H20ClN3O4S2. The molecule has 0 radical (unpaired) electrons. The number of hydrogen-bond donors (Lipinski definition) is 2. The van der Waals surface area contributed by atoms with Gasteiger partial charge in [0.1, 0.15) is 0 Å². The molecule has 0 saturated heterocycles. The molecule has 3 rings (SSSR count). The standard InChI is InChI=1S/C21H20ClN3O4S2/c1-12-7-8-15(9-16(12)22)31(28,29)17-10-23-21(25-20(17)27)30-11-18(26)24-19-13(2)5-4-6-14(19)3/h4-10H,11H2,1-3H3,(H,24,26)(H,23,25,27). The third-order valence-electron chi connectivity index (χ3n) is 4.57. The van der Waals surface area contributed by atoms with E-state index in [9.17, 15) is 18.0 Å². The Kier molecular flexibility index (Phi) is 6.88. The van der Waals surface area contributed by atoms with Crippen molar-refractivity contribution in [1.29, 1.82) is 0 Å². The summed E-state index contributed by atoms with van der Waals surface area (Å²) in [7, 11) is -4.09. The third kappa shape index (κ3) is 5.17. The SMILES string of the molecule is Cc1ccc(S(=O)(=O)c2cnc(SCC(=O)Nc3c(C)cccc3C)[nH]c2=O)cc1Cl. The Labute approximate surface area is 189 Å². The fourth-order valence-corrected chi connectivity index (χ4v) is 4.96. The molecule has 0 spiro atoms. The van der Waals surface area contributed by atoms with Crippen LogP contribution in [0.5, 0.6) is 0 Å². The van der Waals surface area contributed by atoms with Crippen LogP contribution >= 0.6 is 23.4 Å². The minimum Gasteiger partial charge on any atom is -0.325 e. The number of nitrogens with zero attached hydrogens (tertiary/aromatic N) is 1. The monoisotopic (exact) mass is 477 g/mol. The van der Waals surface area contributed by atoms with Crippen molar-refractivity contribution in [3.63, 3.8) is 0 Å². The van der Waals surface area contributed by atoms with Crippen LogP contribution in [0.25, 0.3) is 0 Å². The van der Waals surface area contributed by atoms with Gasteiger partial charge in [0.05, 0.1) is 16.8 Å². The van der Waals surface area contributed by atoms with Gasteiger partial charge in [-0.3, -0.25) is 9.59 Å². The van der Waals surface area contributed by atoms with E-state index in [1.165, 1.54) is 12.1 Å². The number of sulfone groups is 1. The lowest BCUT2D eigenvalue weighted by molar-refractivity contribution is -0.113. The van der Waals surface area contributed by atoms with Gasteiger partial charge in [0, 0.05) is 10.7 Å². The molecule has 162 valence electrons. The Morgan fingerprint density at radius 3 is 2.42 bits per heavy atom. The van der Waals surface area contributed by atoms with E-state index in [1.807, 2.05) is 32.0 Å². The topological polar surface area (TPSA) is 109 Å². The molecule has 0 aliphatic heterocycles. The number of para-hydroxylation sites is 1. The second kappa shape index (κ2) is 9.25. The van der Waals surface area contributed by atoms with Gasteiger partial charge >= 0.3 is 0 Å². The van der Waals surface area contributed by atoms with Crippen molar-refractivity contribution < 1.29 is 13.2 Å². The highest BCUT2D eigenvalue weighted by Crippen LogP contribution is 2.24. The molecule has 3 aromatic rings. The highest BCUT2D eigenvalue weighted by molar-refractivity contribution is 7.99. The summed E-state index contributed by atoms with van der Waals surface area (Å²) in [6, 6.07) is 9.95. The van der Waals surface area contributed by atoms with Crippen LogP contribution in [-0.2, 0) is 14.6 Å². The van der Waals surface area contributed by atoms with Gasteiger partial charge in [-0.2, -0.15) is 0 Å². The lowest BCUT2D eigenvalue weighted by Crippen LogP contribution is -2.20. The predicted molar refractivity (Wildman–Crippen MR) is 122 cm³/mol. The fraction of sp³-hybridized carbons (Fsp3) is 0.190. The molecule has 31 heavy (non-hydrogen) atoms. The lowest BCUT2D eigenvalue weighted by Gasteiger charge is -2.11. The van der Waals surface area contributed by atoms with Crippen molar-refractivity contribution >= 4 is 44.8 Å². The van der Waals surface area contributed by atoms with Crippen molar-refractivity contribution in [2.75, 3.05) is 11.1 Å². The molecule has 0 aliphatic rings. The Morgan fingerprint density at radius 1 is 1.13 bits per heavy atom. The van der Waals surface area contributed by atoms with E-state index in [0.717, 1.165) is 40.3 Å². The molecular weight excluding hydrogens is 458 g/mol. The average molecular weight is 478 g/mol. The number of halogens is 1. The number of aromatic nitrogens is 2. The van der Waals surface area contributed by atoms with Crippen LogP contribution in [0.15, 0.2) is 62.3 Å². The Balaban J connectivity index is 1.74. The first-order valence-electron chi connectivity index (χ1n) is 9.19. The van der Waals surface area contributed by atoms with E-state index in [-0.39, 0.29) is 26.7 Å². The van der Waals surface area contributed by atoms with Crippen LogP contribution in [0.1, 0.15) is 16.7 Å². The first-order valence-corrected chi connectivity index (χ1v) is 12.0. The van der Waals surface area contributed by atoms with Crippen molar-refractivity contribution in [3.8, 4) is 0 Å². The molecule has 1 heterocycles. The van der Waals surface area contributed by atoms with Gasteiger partial charge in [-0.1, -0.05) is 47.6 Å². The van der Waals surface area contributed by atoms with Crippen LogP contribution in [-0.4, -0.2) is 30.0 Å². The van der Waals surface area contributed by atoms with E-state index < -0.39 is 20.3 Å². The van der Waals surface area contributed by atoms with Crippen LogP contribution in [0.4, 0.5) is 5.69 Å². The zero-order valence-corrected chi connectivity index (χ0v) is 19.4. The van der Waals surface area contributed by atoms with Gasteiger partial charge in [0.2, 0.25) is 15.7 Å². The van der Waals surface area contributed by atoms with Crippen LogP contribution in [0.3, 0.4) is 0 Å². The maximum atomic E-state index is 12.8. The van der Waals surface area contributed by atoms with Crippen LogP contribution < -0.4 is 10.9 Å². The summed E-state index contributed by atoms with van der Waals surface area (Å²) in [5, 5.41) is 3.27. The molecule has 7 nitrogen and oxygen atoms in total. The Hall–Kier alpha value is -2.62. The molecule has 1 amide bonds. The molecule has 0 unspecified atom stereocenters. The molecule has 1 aromatic heterocycles. The summed E-state index contributed by atoms with van der Waals surface area (Å²) in [6.45, 7) is 5.54. The molecule has 0 saturated carbocycles. The number of hydrogen-bond acceptors (Lipinski definition) is 6. The molecule has 0 atom stereocenters. The van der Waals surface area contributed by atoms with Crippen molar-refractivity contribution in [3.05, 3.63) is 74.7 Å². The predicted octanol–water partition coefficient (Wildman–Crippen LogP) is 3.91. The quantitative estimate of drug-likeness (QED) is 0.411. The summed E-state index contributed by atoms with van der Waals surface area (Å²) in [4.78, 5) is 30.5. The summed E-state index contributed by atoms with van der Waals surface area (Å²) in [5.41, 5.74) is 2.53. The average Bonchev–Trinajstić information content (AvgIpc) is 2.71. The number of rotatable bonds is 6. The Morgan fingerprint density at radius 2 is 1.81 bits per heavy atom. The number of anilines is 1. The minimum atomic E-state index is -4.09. The van der Waals surface area contributed by atoms with Gasteiger partial charge < -0.3 is 10.3 Å². The first kappa shape index (κ1) is 23.1. The maximum absolute atomic E-state index is 12.8. The smallest absolute Gasteiger partial charge is 0.270 e. The number of carbonyl (C=O) groups is 1. The van der Waals surface area contributed by atoms with E-state index in [2.05, 4.69) is 15.3 Å². The Bertz CT molecular complexity index is 1300. The fourth-order valence-electron chi connectivity index (χ4n) is 2.82. The zero-order chi connectivity index (χ0) is 22.8. The number of benzene rings is 2. The van der Waals surface area contributed by atoms with Gasteiger partial charge in [0.15, 0.2) is 10.1 Å².